The number of nitrogens with two attached hydrogens (primary N) is 1. The molecule has 0 aromatic heterocycles. The molecule has 0 bridgehead atoms. The highest BCUT2D eigenvalue weighted by Crippen LogP contribution is 2.16. The lowest BCUT2D eigenvalue weighted by molar-refractivity contribution is -0.124. The van der Waals surface area contributed by atoms with Crippen LogP contribution in [-0.4, -0.2) is 24.6 Å². The molecule has 4 heteroatoms. The van der Waals surface area contributed by atoms with Crippen molar-refractivity contribution in [3.8, 4) is 5.75 Å². The van der Waals surface area contributed by atoms with Crippen molar-refractivity contribution in [3.05, 3.63) is 30.3 Å². The Morgan fingerprint density at radius 1 is 1.28 bits per heavy atom. The predicted octanol–water partition coefficient (Wildman–Crippen LogP) is 1.45. The van der Waals surface area contributed by atoms with E-state index in [0.717, 1.165) is 25.7 Å². The van der Waals surface area contributed by atoms with Gasteiger partial charge in [0.25, 0.3) is 5.91 Å². The lowest BCUT2D eigenvalue weighted by Gasteiger charge is -2.29. The molecule has 0 aliphatic heterocycles. The molecule has 2 rings (SSSR count). The second kappa shape index (κ2) is 6.40. The molecule has 1 saturated carbocycles. The Hall–Kier alpha value is -1.55. The van der Waals surface area contributed by atoms with Gasteiger partial charge in [0, 0.05) is 12.1 Å². The minimum absolute atomic E-state index is 0.0488. The minimum Gasteiger partial charge on any atom is -0.484 e. The first kappa shape index (κ1) is 12.9. The zero-order chi connectivity index (χ0) is 12.8. The quantitative estimate of drug-likeness (QED) is 0.847. The van der Waals surface area contributed by atoms with Gasteiger partial charge in [-0.1, -0.05) is 31.0 Å². The third-order valence-electron chi connectivity index (χ3n) is 3.28. The molecule has 4 nitrogen and oxygen atoms in total. The zero-order valence-corrected chi connectivity index (χ0v) is 10.5. The number of nitrogens with one attached hydrogen (secondary N) is 1. The van der Waals surface area contributed by atoms with Crippen molar-refractivity contribution in [1.82, 2.24) is 5.32 Å². The number of hydrogen-bond acceptors (Lipinski definition) is 3. The largest absolute Gasteiger partial charge is 0.484 e. The van der Waals surface area contributed by atoms with Crippen LogP contribution in [0.25, 0.3) is 0 Å². The standard InChI is InChI=1S/C14H20N2O2/c15-12-8-4-5-9-13(12)16-14(17)10-18-11-6-2-1-3-7-11/h1-3,6-7,12-13H,4-5,8-10,15H2,(H,16,17)/t12-,13-/m1/s1. The van der Waals surface area contributed by atoms with Crippen LogP contribution in [0.1, 0.15) is 25.7 Å². The average Bonchev–Trinajstić information content (AvgIpc) is 2.40. The lowest BCUT2D eigenvalue weighted by atomic mass is 9.91. The first-order chi connectivity index (χ1) is 8.75. The summed E-state index contributed by atoms with van der Waals surface area (Å²) in [5.41, 5.74) is 5.98. The van der Waals surface area contributed by atoms with E-state index >= 15 is 0 Å². The normalized spacial score (nSPS) is 23.4. The van der Waals surface area contributed by atoms with Crippen molar-refractivity contribution in [2.45, 2.75) is 37.8 Å². The van der Waals surface area contributed by atoms with E-state index in [1.54, 1.807) is 0 Å². The number of rotatable bonds is 4. The van der Waals surface area contributed by atoms with Gasteiger partial charge in [0.2, 0.25) is 0 Å². The van der Waals surface area contributed by atoms with Crippen LogP contribution < -0.4 is 15.8 Å². The molecule has 0 saturated heterocycles. The Kier molecular flexibility index (Phi) is 4.59. The zero-order valence-electron chi connectivity index (χ0n) is 10.5. The second-order valence-corrected chi connectivity index (χ2v) is 4.72. The van der Waals surface area contributed by atoms with Gasteiger partial charge < -0.3 is 15.8 Å². The van der Waals surface area contributed by atoms with E-state index in [0.29, 0.717) is 5.75 Å². The second-order valence-electron chi connectivity index (χ2n) is 4.72. The van der Waals surface area contributed by atoms with E-state index in [9.17, 15) is 4.79 Å². The molecule has 1 aliphatic carbocycles. The molecule has 0 heterocycles. The monoisotopic (exact) mass is 248 g/mol. The van der Waals surface area contributed by atoms with Gasteiger partial charge in [0.1, 0.15) is 5.75 Å². The van der Waals surface area contributed by atoms with Gasteiger partial charge in [0.15, 0.2) is 6.61 Å². The maximum Gasteiger partial charge on any atom is 0.258 e. The highest BCUT2D eigenvalue weighted by Gasteiger charge is 2.23. The summed E-state index contributed by atoms with van der Waals surface area (Å²) in [5.74, 6) is 0.613. The van der Waals surface area contributed by atoms with E-state index in [4.69, 9.17) is 10.5 Å². The van der Waals surface area contributed by atoms with E-state index in [1.165, 1.54) is 0 Å². The topological polar surface area (TPSA) is 64.3 Å². The Balaban J connectivity index is 1.75. The summed E-state index contributed by atoms with van der Waals surface area (Å²) < 4.78 is 5.39. The van der Waals surface area contributed by atoms with Crippen LogP contribution in [0.2, 0.25) is 0 Å². The van der Waals surface area contributed by atoms with Crippen LogP contribution >= 0.6 is 0 Å². The van der Waals surface area contributed by atoms with E-state index in [1.807, 2.05) is 30.3 Å². The van der Waals surface area contributed by atoms with Gasteiger partial charge in [-0.15, -0.1) is 0 Å². The van der Waals surface area contributed by atoms with Crippen LogP contribution in [0, 0.1) is 0 Å². The minimum atomic E-state index is -0.0961. The first-order valence-electron chi connectivity index (χ1n) is 6.48. The number of hydrogen-bond donors (Lipinski definition) is 2. The fourth-order valence-electron chi connectivity index (χ4n) is 2.25. The lowest BCUT2D eigenvalue weighted by Crippen LogP contribution is -2.50. The first-order valence-corrected chi connectivity index (χ1v) is 6.48. The number of para-hydroxylation sites is 1. The summed E-state index contributed by atoms with van der Waals surface area (Å²) in [4.78, 5) is 11.7. The summed E-state index contributed by atoms with van der Waals surface area (Å²) in [6.07, 6.45) is 4.26. The van der Waals surface area contributed by atoms with Crippen molar-refractivity contribution in [2.24, 2.45) is 5.73 Å². The third kappa shape index (κ3) is 3.74. The molecule has 1 aliphatic rings. The summed E-state index contributed by atoms with van der Waals surface area (Å²) in [6.45, 7) is 0.0488. The third-order valence-corrected chi connectivity index (χ3v) is 3.28. The average molecular weight is 248 g/mol. The number of carbonyl (C=O) groups excluding carboxylic acids is 1. The molecule has 18 heavy (non-hydrogen) atoms. The molecule has 3 N–H and O–H groups in total. The maximum absolute atomic E-state index is 11.7. The molecule has 2 atom stereocenters. The summed E-state index contributed by atoms with van der Waals surface area (Å²) in [5, 5.41) is 2.95. The van der Waals surface area contributed by atoms with Gasteiger partial charge in [0.05, 0.1) is 0 Å². The summed E-state index contributed by atoms with van der Waals surface area (Å²) >= 11 is 0. The highest BCUT2D eigenvalue weighted by atomic mass is 16.5. The van der Waals surface area contributed by atoms with E-state index in [-0.39, 0.29) is 24.6 Å². The molecule has 1 aromatic carbocycles. The van der Waals surface area contributed by atoms with Crippen molar-refractivity contribution < 1.29 is 9.53 Å². The molecule has 1 amide bonds. The van der Waals surface area contributed by atoms with Crippen LogP contribution in [0.15, 0.2) is 30.3 Å². The van der Waals surface area contributed by atoms with E-state index in [2.05, 4.69) is 5.32 Å². The molecule has 1 fully saturated rings. The van der Waals surface area contributed by atoms with E-state index < -0.39 is 0 Å². The Labute approximate surface area is 108 Å². The van der Waals surface area contributed by atoms with Crippen LogP contribution in [0.5, 0.6) is 5.75 Å². The highest BCUT2D eigenvalue weighted by molar-refractivity contribution is 5.77. The van der Waals surface area contributed by atoms with Crippen molar-refractivity contribution in [1.29, 1.82) is 0 Å². The summed E-state index contributed by atoms with van der Waals surface area (Å²) in [7, 11) is 0. The van der Waals surface area contributed by atoms with Crippen molar-refractivity contribution >= 4 is 5.91 Å². The number of benzene rings is 1. The SMILES string of the molecule is N[C@@H]1CCCC[C@H]1NC(=O)COc1ccccc1. The predicted molar refractivity (Wildman–Crippen MR) is 70.3 cm³/mol. The van der Waals surface area contributed by atoms with Crippen LogP contribution in [0.3, 0.4) is 0 Å². The fourth-order valence-corrected chi connectivity index (χ4v) is 2.25. The molecular formula is C14H20N2O2. The number of amides is 1. The smallest absolute Gasteiger partial charge is 0.258 e. The molecule has 0 unspecified atom stereocenters. The summed E-state index contributed by atoms with van der Waals surface area (Å²) in [6, 6.07) is 9.52. The van der Waals surface area contributed by atoms with Crippen LogP contribution in [0.4, 0.5) is 0 Å². The molecule has 98 valence electrons. The van der Waals surface area contributed by atoms with Gasteiger partial charge >= 0.3 is 0 Å². The number of carbonyl (C=O) groups is 1. The molecule has 0 spiro atoms. The van der Waals surface area contributed by atoms with Gasteiger partial charge in [-0.05, 0) is 25.0 Å². The van der Waals surface area contributed by atoms with Crippen molar-refractivity contribution in [2.75, 3.05) is 6.61 Å². The van der Waals surface area contributed by atoms with Gasteiger partial charge in [-0.2, -0.15) is 0 Å². The molecular weight excluding hydrogens is 228 g/mol. The Morgan fingerprint density at radius 3 is 2.72 bits per heavy atom. The maximum atomic E-state index is 11.7. The molecule has 1 aromatic rings. The molecule has 0 radical (unpaired) electrons. The number of ether oxygens (including phenoxy) is 1. The fraction of sp³-hybridized carbons (Fsp3) is 0.500. The van der Waals surface area contributed by atoms with Gasteiger partial charge in [-0.3, -0.25) is 4.79 Å². The van der Waals surface area contributed by atoms with Crippen molar-refractivity contribution in [3.63, 3.8) is 0 Å². The van der Waals surface area contributed by atoms with Gasteiger partial charge in [-0.25, -0.2) is 0 Å². The van der Waals surface area contributed by atoms with Crippen LogP contribution in [-0.2, 0) is 4.79 Å². The Bertz CT molecular complexity index is 381. The Morgan fingerprint density at radius 2 is 2.00 bits per heavy atom.